The van der Waals surface area contributed by atoms with Gasteiger partial charge in [0.2, 0.25) is 0 Å². The van der Waals surface area contributed by atoms with Crippen LogP contribution in [0.5, 0.6) is 11.5 Å². The minimum atomic E-state index is 0.304. The molecule has 2 aromatic rings. The van der Waals surface area contributed by atoms with Crippen molar-refractivity contribution in [2.45, 2.75) is 6.61 Å². The first-order valence-corrected chi connectivity index (χ1v) is 6.95. The van der Waals surface area contributed by atoms with Gasteiger partial charge in [-0.25, -0.2) is 0 Å². The molecular weight excluding hydrogens is 297 g/mol. The maximum Gasteiger partial charge on any atom is 0.123 e. The molecule has 20 heavy (non-hydrogen) atoms. The van der Waals surface area contributed by atoms with Crippen LogP contribution in [-0.2, 0) is 6.61 Å². The Balaban J connectivity index is 2.03. The van der Waals surface area contributed by atoms with Crippen LogP contribution in [0.1, 0.15) is 5.56 Å². The summed E-state index contributed by atoms with van der Waals surface area (Å²) in [5, 5.41) is 1.18. The lowest BCUT2D eigenvalue weighted by Crippen LogP contribution is -2.10. The van der Waals surface area contributed by atoms with E-state index in [4.69, 9.17) is 38.4 Å². The Morgan fingerprint density at radius 3 is 2.15 bits per heavy atom. The third-order valence-corrected chi connectivity index (χ3v) is 3.35. The molecule has 0 heterocycles. The third-order valence-electron chi connectivity index (χ3n) is 2.64. The molecule has 0 aromatic heterocycles. The Labute approximate surface area is 128 Å². The van der Waals surface area contributed by atoms with Gasteiger partial charge in [0.05, 0.1) is 0 Å². The lowest BCUT2D eigenvalue weighted by atomic mass is 10.2. The molecule has 0 unspecified atom stereocenters. The number of halogens is 2. The molecular formula is C15H15Cl2NO2. The maximum atomic E-state index is 6.09. The molecule has 0 amide bonds. The number of hydrogen-bond acceptors (Lipinski definition) is 3. The molecule has 3 nitrogen and oxygen atoms in total. The van der Waals surface area contributed by atoms with Crippen LogP contribution in [0.3, 0.4) is 0 Å². The molecule has 0 aliphatic heterocycles. The van der Waals surface area contributed by atoms with E-state index >= 15 is 0 Å². The smallest absolute Gasteiger partial charge is 0.123 e. The zero-order chi connectivity index (χ0) is 14.4. The van der Waals surface area contributed by atoms with Crippen LogP contribution in [0.25, 0.3) is 0 Å². The monoisotopic (exact) mass is 311 g/mol. The van der Waals surface area contributed by atoms with Crippen molar-refractivity contribution in [2.75, 3.05) is 13.2 Å². The van der Waals surface area contributed by atoms with Crippen LogP contribution in [-0.4, -0.2) is 13.2 Å². The van der Waals surface area contributed by atoms with Gasteiger partial charge >= 0.3 is 0 Å². The molecule has 2 aromatic carbocycles. The normalized spacial score (nSPS) is 10.3. The van der Waals surface area contributed by atoms with E-state index in [-0.39, 0.29) is 0 Å². The van der Waals surface area contributed by atoms with E-state index in [1.807, 2.05) is 18.2 Å². The first kappa shape index (κ1) is 15.0. The molecule has 0 radical (unpaired) electrons. The Bertz CT molecular complexity index is 555. The van der Waals surface area contributed by atoms with Gasteiger partial charge in [-0.15, -0.1) is 0 Å². The van der Waals surface area contributed by atoms with Crippen molar-refractivity contribution in [1.82, 2.24) is 0 Å². The van der Waals surface area contributed by atoms with Gasteiger partial charge in [-0.1, -0.05) is 35.3 Å². The fraction of sp³-hybridized carbons (Fsp3) is 0.200. The highest BCUT2D eigenvalue weighted by molar-refractivity contribution is 6.35. The van der Waals surface area contributed by atoms with Crippen molar-refractivity contribution in [3.8, 4) is 11.5 Å². The van der Waals surface area contributed by atoms with Crippen LogP contribution in [0.15, 0.2) is 42.5 Å². The predicted molar refractivity (Wildman–Crippen MR) is 81.8 cm³/mol. The third kappa shape index (κ3) is 4.04. The molecule has 0 aliphatic rings. The van der Waals surface area contributed by atoms with E-state index in [2.05, 4.69) is 0 Å². The second kappa shape index (κ2) is 7.39. The van der Waals surface area contributed by atoms with Gasteiger partial charge in [0, 0.05) is 28.2 Å². The number of benzene rings is 2. The first-order chi connectivity index (χ1) is 9.70. The zero-order valence-electron chi connectivity index (χ0n) is 10.8. The second-order valence-electron chi connectivity index (χ2n) is 4.10. The van der Waals surface area contributed by atoms with Crippen molar-refractivity contribution in [2.24, 2.45) is 5.73 Å². The van der Waals surface area contributed by atoms with Crippen molar-refractivity contribution >= 4 is 23.2 Å². The first-order valence-electron chi connectivity index (χ1n) is 6.19. The summed E-state index contributed by atoms with van der Waals surface area (Å²) < 4.78 is 11.1. The lowest BCUT2D eigenvalue weighted by molar-refractivity contribution is 0.298. The van der Waals surface area contributed by atoms with Crippen LogP contribution in [0.4, 0.5) is 0 Å². The van der Waals surface area contributed by atoms with E-state index in [0.29, 0.717) is 35.6 Å². The number of ether oxygens (including phenoxy) is 2. The van der Waals surface area contributed by atoms with Crippen LogP contribution >= 0.6 is 23.2 Å². The minimum absolute atomic E-state index is 0.304. The largest absolute Gasteiger partial charge is 0.492 e. The van der Waals surface area contributed by atoms with Gasteiger partial charge in [-0.3, -0.25) is 0 Å². The summed E-state index contributed by atoms with van der Waals surface area (Å²) in [5.41, 5.74) is 6.16. The van der Waals surface area contributed by atoms with Gasteiger partial charge in [0.1, 0.15) is 24.7 Å². The number of hydrogen-bond donors (Lipinski definition) is 1. The highest BCUT2D eigenvalue weighted by atomic mass is 35.5. The van der Waals surface area contributed by atoms with Crippen molar-refractivity contribution in [1.29, 1.82) is 0 Å². The van der Waals surface area contributed by atoms with Crippen molar-refractivity contribution < 1.29 is 9.47 Å². The van der Waals surface area contributed by atoms with E-state index in [0.717, 1.165) is 11.3 Å². The Morgan fingerprint density at radius 1 is 0.900 bits per heavy atom. The van der Waals surface area contributed by atoms with Crippen LogP contribution in [0.2, 0.25) is 10.0 Å². The molecule has 2 N–H and O–H groups in total. The maximum absolute atomic E-state index is 6.09. The Morgan fingerprint density at radius 2 is 1.50 bits per heavy atom. The van der Waals surface area contributed by atoms with Crippen LogP contribution in [0, 0.1) is 0 Å². The number of nitrogens with two attached hydrogens (primary N) is 1. The second-order valence-corrected chi connectivity index (χ2v) is 4.92. The average Bonchev–Trinajstić information content (AvgIpc) is 2.45. The Kier molecular flexibility index (Phi) is 5.53. The summed E-state index contributed by atoms with van der Waals surface area (Å²) >= 11 is 12.2. The average molecular weight is 312 g/mol. The summed E-state index contributed by atoms with van der Waals surface area (Å²) in [6.07, 6.45) is 0. The molecule has 0 saturated carbocycles. The molecule has 0 atom stereocenters. The van der Waals surface area contributed by atoms with Crippen LogP contribution < -0.4 is 15.2 Å². The molecule has 2 rings (SSSR count). The molecule has 5 heteroatoms. The van der Waals surface area contributed by atoms with Gasteiger partial charge in [0.15, 0.2) is 0 Å². The highest BCUT2D eigenvalue weighted by Gasteiger charge is 2.06. The summed E-state index contributed by atoms with van der Waals surface area (Å²) in [5.74, 6) is 1.41. The van der Waals surface area contributed by atoms with E-state index in [1.165, 1.54) is 0 Å². The van der Waals surface area contributed by atoms with Gasteiger partial charge in [0.25, 0.3) is 0 Å². The summed E-state index contributed by atoms with van der Waals surface area (Å²) in [6.45, 7) is 1.25. The lowest BCUT2D eigenvalue weighted by Gasteiger charge is -2.11. The standard InChI is InChI=1S/C15H15Cl2NO2/c16-14-5-2-6-15(17)13(14)10-20-12-4-1-3-11(9-12)19-8-7-18/h1-6,9H,7-8,10,18H2. The van der Waals surface area contributed by atoms with Crippen molar-refractivity contribution in [3.05, 3.63) is 58.1 Å². The highest BCUT2D eigenvalue weighted by Crippen LogP contribution is 2.26. The van der Waals surface area contributed by atoms with Crippen molar-refractivity contribution in [3.63, 3.8) is 0 Å². The minimum Gasteiger partial charge on any atom is -0.492 e. The summed E-state index contributed by atoms with van der Waals surface area (Å²) in [4.78, 5) is 0. The van der Waals surface area contributed by atoms with E-state index < -0.39 is 0 Å². The number of rotatable bonds is 6. The fourth-order valence-corrected chi connectivity index (χ4v) is 2.16. The topological polar surface area (TPSA) is 44.5 Å². The molecule has 0 saturated heterocycles. The molecule has 0 spiro atoms. The molecule has 106 valence electrons. The predicted octanol–water partition coefficient (Wildman–Crippen LogP) is 3.91. The van der Waals surface area contributed by atoms with Gasteiger partial charge in [-0.2, -0.15) is 0 Å². The van der Waals surface area contributed by atoms with Gasteiger partial charge in [-0.05, 0) is 24.3 Å². The molecule has 0 aliphatic carbocycles. The van der Waals surface area contributed by atoms with E-state index in [9.17, 15) is 0 Å². The quantitative estimate of drug-likeness (QED) is 0.879. The fourth-order valence-electron chi connectivity index (χ4n) is 1.66. The zero-order valence-corrected chi connectivity index (χ0v) is 12.3. The van der Waals surface area contributed by atoms with Gasteiger partial charge < -0.3 is 15.2 Å². The summed E-state index contributed by atoms with van der Waals surface area (Å²) in [6, 6.07) is 12.7. The SMILES string of the molecule is NCCOc1cccc(OCc2c(Cl)cccc2Cl)c1. The van der Waals surface area contributed by atoms with E-state index in [1.54, 1.807) is 24.3 Å². The Hall–Kier alpha value is -1.42. The molecule has 0 bridgehead atoms. The molecule has 0 fully saturated rings. The summed E-state index contributed by atoms with van der Waals surface area (Å²) in [7, 11) is 0.